The molecule has 3 aromatic carbocycles. The number of benzene rings is 3. The number of rotatable bonds is 10. The average Bonchev–Trinajstić information content (AvgIpc) is 2.83. The normalized spacial score (nSPS) is 12.2. The Kier molecular flexibility index (Phi) is 10.9. The first-order valence-corrected chi connectivity index (χ1v) is 14.3. The monoisotopic (exact) mass is 594 g/mol. The lowest BCUT2D eigenvalue weighted by Gasteiger charge is -2.34. The van der Waals surface area contributed by atoms with Crippen molar-refractivity contribution >= 4 is 58.4 Å². The minimum atomic E-state index is -0.812. The maximum absolute atomic E-state index is 14.3. The van der Waals surface area contributed by atoms with E-state index in [4.69, 9.17) is 34.8 Å². The third kappa shape index (κ3) is 8.91. The van der Waals surface area contributed by atoms with E-state index < -0.39 is 17.4 Å². The molecule has 38 heavy (non-hydrogen) atoms. The van der Waals surface area contributed by atoms with E-state index in [0.29, 0.717) is 32.6 Å². The highest BCUT2D eigenvalue weighted by Crippen LogP contribution is 2.27. The van der Waals surface area contributed by atoms with Crippen molar-refractivity contribution in [1.82, 2.24) is 10.2 Å². The zero-order valence-corrected chi connectivity index (χ0v) is 24.5. The Morgan fingerprint density at radius 1 is 0.974 bits per heavy atom. The van der Waals surface area contributed by atoms with Crippen molar-refractivity contribution < 1.29 is 14.0 Å². The largest absolute Gasteiger partial charge is 0.350 e. The fraction of sp³-hybridized carbons (Fsp3) is 0.310. The molecule has 0 aromatic heterocycles. The highest BCUT2D eigenvalue weighted by Gasteiger charge is 2.32. The Morgan fingerprint density at radius 3 is 2.32 bits per heavy atom. The molecule has 0 aliphatic rings. The summed E-state index contributed by atoms with van der Waals surface area (Å²) in [4.78, 5) is 28.8. The molecule has 3 aromatic rings. The predicted octanol–water partition coefficient (Wildman–Crippen LogP) is 7.57. The molecule has 202 valence electrons. The number of nitrogens with one attached hydrogen (secondary N) is 1. The summed E-state index contributed by atoms with van der Waals surface area (Å²) in [5.74, 6) is -0.747. The second-order valence-corrected chi connectivity index (χ2v) is 12.1. The van der Waals surface area contributed by atoms with Crippen molar-refractivity contribution in [2.24, 2.45) is 0 Å². The Bertz CT molecular complexity index is 1250. The minimum Gasteiger partial charge on any atom is -0.350 e. The molecular weight excluding hydrogens is 566 g/mol. The Morgan fingerprint density at radius 2 is 1.68 bits per heavy atom. The van der Waals surface area contributed by atoms with Crippen molar-refractivity contribution in [1.29, 1.82) is 0 Å². The van der Waals surface area contributed by atoms with Gasteiger partial charge in [-0.15, -0.1) is 11.8 Å². The van der Waals surface area contributed by atoms with Gasteiger partial charge in [-0.2, -0.15) is 0 Å². The van der Waals surface area contributed by atoms with Gasteiger partial charge in [0.15, 0.2) is 0 Å². The van der Waals surface area contributed by atoms with Crippen molar-refractivity contribution in [3.8, 4) is 0 Å². The smallest absolute Gasteiger partial charge is 0.243 e. The summed E-state index contributed by atoms with van der Waals surface area (Å²) in [6.07, 6.45) is 0.309. The van der Waals surface area contributed by atoms with Crippen LogP contribution in [0.3, 0.4) is 0 Å². The van der Waals surface area contributed by atoms with E-state index in [-0.39, 0.29) is 29.9 Å². The molecule has 2 amide bonds. The quantitative estimate of drug-likeness (QED) is 0.263. The highest BCUT2D eigenvalue weighted by molar-refractivity contribution is 7.99. The summed E-state index contributed by atoms with van der Waals surface area (Å²) in [6.45, 7) is 5.77. The SMILES string of the molecule is CC(C)(C)NC(=O)[C@@H](Cc1ccccc1)N(Cc1ccc(Cl)cc1Cl)C(=O)CSCc1c(F)cccc1Cl. The lowest BCUT2D eigenvalue weighted by atomic mass is 10.0. The molecule has 0 aliphatic heterocycles. The number of amides is 2. The summed E-state index contributed by atoms with van der Waals surface area (Å²) in [7, 11) is 0. The summed E-state index contributed by atoms with van der Waals surface area (Å²) in [5.41, 5.74) is 1.40. The van der Waals surface area contributed by atoms with Crippen molar-refractivity contribution in [3.05, 3.63) is 104 Å². The zero-order valence-electron chi connectivity index (χ0n) is 21.4. The van der Waals surface area contributed by atoms with E-state index in [2.05, 4.69) is 5.32 Å². The van der Waals surface area contributed by atoms with Gasteiger partial charge in [-0.3, -0.25) is 9.59 Å². The van der Waals surface area contributed by atoms with Gasteiger partial charge in [-0.05, 0) is 56.2 Å². The van der Waals surface area contributed by atoms with E-state index in [0.717, 1.165) is 5.56 Å². The van der Waals surface area contributed by atoms with E-state index in [1.165, 1.54) is 23.9 Å². The van der Waals surface area contributed by atoms with Crippen molar-refractivity contribution in [2.45, 2.75) is 51.1 Å². The van der Waals surface area contributed by atoms with Gasteiger partial charge in [-0.25, -0.2) is 4.39 Å². The number of hydrogen-bond donors (Lipinski definition) is 1. The van der Waals surface area contributed by atoms with Crippen LogP contribution in [0.2, 0.25) is 15.1 Å². The number of halogens is 4. The minimum absolute atomic E-state index is 0.0178. The summed E-state index contributed by atoms with van der Waals surface area (Å²) in [6, 6.07) is 18.3. The average molecular weight is 596 g/mol. The van der Waals surface area contributed by atoms with Crippen LogP contribution >= 0.6 is 46.6 Å². The van der Waals surface area contributed by atoms with Crippen molar-refractivity contribution in [2.75, 3.05) is 5.75 Å². The molecule has 1 N–H and O–H groups in total. The van der Waals surface area contributed by atoms with E-state index in [1.54, 1.807) is 29.2 Å². The second-order valence-electron chi connectivity index (χ2n) is 9.90. The first kappa shape index (κ1) is 30.3. The topological polar surface area (TPSA) is 49.4 Å². The van der Waals surface area contributed by atoms with E-state index in [1.807, 2.05) is 51.1 Å². The van der Waals surface area contributed by atoms with E-state index >= 15 is 0 Å². The summed E-state index contributed by atoms with van der Waals surface area (Å²) in [5, 5.41) is 4.20. The van der Waals surface area contributed by atoms with Gasteiger partial charge in [0.05, 0.1) is 5.75 Å². The Balaban J connectivity index is 1.92. The second kappa shape index (κ2) is 13.7. The molecule has 0 fully saturated rings. The van der Waals surface area contributed by atoms with Crippen LogP contribution in [0.1, 0.15) is 37.5 Å². The van der Waals surface area contributed by atoms with Crippen LogP contribution in [0.25, 0.3) is 0 Å². The van der Waals surface area contributed by atoms with Gasteiger partial charge in [0.25, 0.3) is 0 Å². The fourth-order valence-electron chi connectivity index (χ4n) is 3.83. The number of nitrogens with zero attached hydrogens (tertiary/aromatic N) is 1. The van der Waals surface area contributed by atoms with Gasteiger partial charge in [0.2, 0.25) is 11.8 Å². The van der Waals surface area contributed by atoms with Crippen LogP contribution in [0, 0.1) is 5.82 Å². The van der Waals surface area contributed by atoms with Crippen LogP contribution in [0.4, 0.5) is 4.39 Å². The number of hydrogen-bond acceptors (Lipinski definition) is 3. The zero-order chi connectivity index (χ0) is 27.9. The highest BCUT2D eigenvalue weighted by atomic mass is 35.5. The number of carbonyl (C=O) groups is 2. The van der Waals surface area contributed by atoms with Gasteiger partial charge in [0, 0.05) is 44.9 Å². The van der Waals surface area contributed by atoms with Crippen LogP contribution < -0.4 is 5.32 Å². The maximum atomic E-state index is 14.3. The lowest BCUT2D eigenvalue weighted by Crippen LogP contribution is -2.54. The molecule has 0 saturated carbocycles. The summed E-state index contributed by atoms with van der Waals surface area (Å²) < 4.78 is 14.3. The molecule has 0 aliphatic carbocycles. The molecule has 4 nitrogen and oxygen atoms in total. The van der Waals surface area contributed by atoms with Crippen LogP contribution in [-0.4, -0.2) is 34.0 Å². The first-order chi connectivity index (χ1) is 17.9. The first-order valence-electron chi connectivity index (χ1n) is 12.0. The molecule has 0 spiro atoms. The van der Waals surface area contributed by atoms with Crippen LogP contribution in [0.5, 0.6) is 0 Å². The third-order valence-electron chi connectivity index (χ3n) is 5.66. The standard InChI is InChI=1S/C29H30Cl3FN2O2S/c1-29(2,3)34-28(37)26(14-19-8-5-4-6-9-19)35(16-20-12-13-21(30)15-24(20)32)27(36)18-38-17-22-23(31)10-7-11-25(22)33/h4-13,15,26H,14,16-18H2,1-3H3,(H,34,37)/t26-/m1/s1. The third-order valence-corrected chi connectivity index (χ3v) is 7.54. The molecule has 0 unspecified atom stereocenters. The number of thioether (sulfide) groups is 1. The molecule has 0 heterocycles. The lowest BCUT2D eigenvalue weighted by molar-refractivity contribution is -0.140. The van der Waals surface area contributed by atoms with Gasteiger partial charge in [0.1, 0.15) is 11.9 Å². The molecular formula is C29H30Cl3FN2O2S. The van der Waals surface area contributed by atoms with E-state index in [9.17, 15) is 14.0 Å². The molecule has 3 rings (SSSR count). The molecule has 0 bridgehead atoms. The Labute approximate surface area is 242 Å². The molecule has 9 heteroatoms. The molecule has 1 atom stereocenters. The fourth-order valence-corrected chi connectivity index (χ4v) is 5.55. The molecule has 0 saturated heterocycles. The predicted molar refractivity (Wildman–Crippen MR) is 156 cm³/mol. The van der Waals surface area contributed by atoms with Gasteiger partial charge < -0.3 is 10.2 Å². The van der Waals surface area contributed by atoms with Gasteiger partial charge >= 0.3 is 0 Å². The molecule has 0 radical (unpaired) electrons. The van der Waals surface area contributed by atoms with Crippen molar-refractivity contribution in [3.63, 3.8) is 0 Å². The van der Waals surface area contributed by atoms with Gasteiger partial charge in [-0.1, -0.05) is 77.3 Å². The maximum Gasteiger partial charge on any atom is 0.243 e. The summed E-state index contributed by atoms with van der Waals surface area (Å²) >= 11 is 19.9. The number of carbonyl (C=O) groups excluding carboxylic acids is 2. The Hall–Kier alpha value is -2.25. The van der Waals surface area contributed by atoms with Crippen LogP contribution in [0.15, 0.2) is 66.7 Å². The van der Waals surface area contributed by atoms with Crippen LogP contribution in [-0.2, 0) is 28.3 Å².